The lowest BCUT2D eigenvalue weighted by Crippen LogP contribution is -1.96. The first-order valence-electron chi connectivity index (χ1n) is 5.24. The van der Waals surface area contributed by atoms with Gasteiger partial charge in [-0.3, -0.25) is 0 Å². The molecule has 0 saturated heterocycles. The van der Waals surface area contributed by atoms with Crippen molar-refractivity contribution in [3.8, 4) is 5.69 Å². The fourth-order valence-corrected chi connectivity index (χ4v) is 2.46. The van der Waals surface area contributed by atoms with Crippen LogP contribution in [-0.2, 0) is 6.42 Å². The normalized spacial score (nSPS) is 10.9. The molecule has 0 aliphatic rings. The lowest BCUT2D eigenvalue weighted by Gasteiger charge is -2.06. The molecule has 0 atom stereocenters. The van der Waals surface area contributed by atoms with E-state index in [0.29, 0.717) is 21.6 Å². The van der Waals surface area contributed by atoms with E-state index in [1.54, 1.807) is 4.68 Å². The molecule has 0 saturated carbocycles. The van der Waals surface area contributed by atoms with Gasteiger partial charge in [-0.2, -0.15) is 0 Å². The fraction of sp³-hybridized carbons (Fsp3) is 0.273. The second kappa shape index (κ2) is 6.24. The molecule has 0 radical (unpaired) electrons. The Balaban J connectivity index is 2.31. The standard InChI is InChI=1S/C11H9BrCl3N3/c12-8-3-4-9(11(15)10(8)14)18-6-7(16-17-18)2-1-5-13/h3-4,6H,1-2,5H2. The van der Waals surface area contributed by atoms with E-state index in [4.69, 9.17) is 34.8 Å². The van der Waals surface area contributed by atoms with Crippen LogP contribution in [0.3, 0.4) is 0 Å². The first kappa shape index (κ1) is 14.1. The highest BCUT2D eigenvalue weighted by Crippen LogP contribution is 2.34. The summed E-state index contributed by atoms with van der Waals surface area (Å²) in [5.41, 5.74) is 1.58. The van der Waals surface area contributed by atoms with Crippen LogP contribution in [0.15, 0.2) is 22.8 Å². The van der Waals surface area contributed by atoms with Crippen molar-refractivity contribution in [3.05, 3.63) is 38.5 Å². The summed E-state index contributed by atoms with van der Waals surface area (Å²) in [4.78, 5) is 0. The Bertz CT molecular complexity index is 556. The second-order valence-corrected chi connectivity index (χ2v) is 5.63. The number of aromatic nitrogens is 3. The minimum absolute atomic E-state index is 0.444. The Morgan fingerprint density at radius 2 is 2.00 bits per heavy atom. The van der Waals surface area contributed by atoms with Gasteiger partial charge < -0.3 is 0 Å². The maximum atomic E-state index is 6.17. The molecular weight excluding hydrogens is 360 g/mol. The van der Waals surface area contributed by atoms with Crippen LogP contribution in [0.2, 0.25) is 10.0 Å². The Hall–Kier alpha value is -0.290. The van der Waals surface area contributed by atoms with Crippen LogP contribution in [0.5, 0.6) is 0 Å². The first-order valence-corrected chi connectivity index (χ1v) is 7.33. The molecule has 0 fully saturated rings. The van der Waals surface area contributed by atoms with Gasteiger partial charge in [-0.15, -0.1) is 16.7 Å². The molecule has 18 heavy (non-hydrogen) atoms. The molecule has 0 aliphatic heterocycles. The van der Waals surface area contributed by atoms with Crippen molar-refractivity contribution < 1.29 is 0 Å². The molecular formula is C11H9BrCl3N3. The van der Waals surface area contributed by atoms with E-state index in [0.717, 1.165) is 23.0 Å². The molecule has 96 valence electrons. The van der Waals surface area contributed by atoms with Crippen molar-refractivity contribution in [2.45, 2.75) is 12.8 Å². The van der Waals surface area contributed by atoms with Gasteiger partial charge in [0.2, 0.25) is 0 Å². The number of nitrogens with zero attached hydrogens (tertiary/aromatic N) is 3. The summed E-state index contributed by atoms with van der Waals surface area (Å²) in [5, 5.41) is 9.01. The number of rotatable bonds is 4. The Morgan fingerprint density at radius 3 is 2.72 bits per heavy atom. The SMILES string of the molecule is ClCCCc1cn(-c2ccc(Br)c(Cl)c2Cl)nn1. The molecule has 0 amide bonds. The molecule has 0 N–H and O–H groups in total. The summed E-state index contributed by atoms with van der Waals surface area (Å²) in [6, 6.07) is 3.65. The fourth-order valence-electron chi connectivity index (χ4n) is 1.47. The van der Waals surface area contributed by atoms with Gasteiger partial charge >= 0.3 is 0 Å². The molecule has 0 unspecified atom stereocenters. The van der Waals surface area contributed by atoms with Gasteiger partial charge in [0.15, 0.2) is 0 Å². The molecule has 0 spiro atoms. The average Bonchev–Trinajstić information content (AvgIpc) is 2.82. The van der Waals surface area contributed by atoms with E-state index >= 15 is 0 Å². The van der Waals surface area contributed by atoms with Crippen molar-refractivity contribution in [3.63, 3.8) is 0 Å². The highest BCUT2D eigenvalue weighted by atomic mass is 79.9. The first-order chi connectivity index (χ1) is 8.63. The minimum Gasteiger partial charge on any atom is -0.219 e. The third-order valence-corrected chi connectivity index (χ3v) is 4.40. The van der Waals surface area contributed by atoms with Gasteiger partial charge in [0.05, 0.1) is 27.6 Å². The van der Waals surface area contributed by atoms with Gasteiger partial charge in [-0.05, 0) is 40.9 Å². The topological polar surface area (TPSA) is 30.7 Å². The molecule has 1 heterocycles. The van der Waals surface area contributed by atoms with Crippen molar-refractivity contribution in [2.24, 2.45) is 0 Å². The van der Waals surface area contributed by atoms with E-state index in [2.05, 4.69) is 26.2 Å². The van der Waals surface area contributed by atoms with E-state index in [9.17, 15) is 0 Å². The summed E-state index contributed by atoms with van der Waals surface area (Å²) >= 11 is 21.2. The Kier molecular flexibility index (Phi) is 4.90. The predicted molar refractivity (Wildman–Crippen MR) is 78.1 cm³/mol. The minimum atomic E-state index is 0.444. The van der Waals surface area contributed by atoms with E-state index in [-0.39, 0.29) is 0 Å². The third-order valence-electron chi connectivity index (χ3n) is 2.37. The molecule has 3 nitrogen and oxygen atoms in total. The second-order valence-electron chi connectivity index (χ2n) is 3.64. The lowest BCUT2D eigenvalue weighted by atomic mass is 10.3. The van der Waals surface area contributed by atoms with Gasteiger partial charge in [0.1, 0.15) is 0 Å². The van der Waals surface area contributed by atoms with Crippen molar-refractivity contribution in [2.75, 3.05) is 5.88 Å². The third kappa shape index (κ3) is 2.99. The summed E-state index contributed by atoms with van der Waals surface area (Å²) in [6.07, 6.45) is 3.50. The maximum absolute atomic E-state index is 6.17. The number of hydrogen-bond acceptors (Lipinski definition) is 2. The van der Waals surface area contributed by atoms with Crippen LogP contribution in [0.1, 0.15) is 12.1 Å². The predicted octanol–water partition coefficient (Wildman–Crippen LogP) is 4.51. The molecule has 0 bridgehead atoms. The van der Waals surface area contributed by atoms with E-state index in [1.807, 2.05) is 18.3 Å². The van der Waals surface area contributed by atoms with Gasteiger partial charge in [-0.1, -0.05) is 28.4 Å². The number of aryl methyl sites for hydroxylation is 1. The number of halogens is 4. The smallest absolute Gasteiger partial charge is 0.0865 e. The van der Waals surface area contributed by atoms with Crippen LogP contribution in [0.25, 0.3) is 5.69 Å². The maximum Gasteiger partial charge on any atom is 0.0865 e. The lowest BCUT2D eigenvalue weighted by molar-refractivity contribution is 0.792. The zero-order valence-corrected chi connectivity index (χ0v) is 13.1. The summed E-state index contributed by atoms with van der Waals surface area (Å²) in [7, 11) is 0. The van der Waals surface area contributed by atoms with Crippen molar-refractivity contribution in [1.82, 2.24) is 15.0 Å². The van der Waals surface area contributed by atoms with Gasteiger partial charge in [0.25, 0.3) is 0 Å². The highest BCUT2D eigenvalue weighted by molar-refractivity contribution is 9.10. The Labute approximate surface area is 128 Å². The van der Waals surface area contributed by atoms with Crippen LogP contribution < -0.4 is 0 Å². The van der Waals surface area contributed by atoms with Crippen LogP contribution in [0.4, 0.5) is 0 Å². The summed E-state index contributed by atoms with van der Waals surface area (Å²) in [6.45, 7) is 0. The van der Waals surface area contributed by atoms with E-state index in [1.165, 1.54) is 0 Å². The molecule has 2 rings (SSSR count). The zero-order valence-electron chi connectivity index (χ0n) is 9.21. The monoisotopic (exact) mass is 367 g/mol. The molecule has 7 heteroatoms. The molecule has 1 aromatic carbocycles. The molecule has 2 aromatic rings. The van der Waals surface area contributed by atoms with Crippen LogP contribution in [-0.4, -0.2) is 20.9 Å². The Morgan fingerprint density at radius 1 is 1.22 bits per heavy atom. The number of hydrogen-bond donors (Lipinski definition) is 0. The zero-order chi connectivity index (χ0) is 13.1. The summed E-state index contributed by atoms with van der Waals surface area (Å²) in [5.74, 6) is 0.609. The molecule has 1 aromatic heterocycles. The van der Waals surface area contributed by atoms with Gasteiger partial charge in [0, 0.05) is 10.4 Å². The number of alkyl halides is 1. The quantitative estimate of drug-likeness (QED) is 0.586. The van der Waals surface area contributed by atoms with Gasteiger partial charge in [-0.25, -0.2) is 4.68 Å². The van der Waals surface area contributed by atoms with E-state index < -0.39 is 0 Å². The summed E-state index contributed by atoms with van der Waals surface area (Å²) < 4.78 is 2.37. The largest absolute Gasteiger partial charge is 0.219 e. The number of benzene rings is 1. The van der Waals surface area contributed by atoms with Crippen LogP contribution in [0, 0.1) is 0 Å². The van der Waals surface area contributed by atoms with Crippen LogP contribution >= 0.6 is 50.7 Å². The average molecular weight is 369 g/mol. The van der Waals surface area contributed by atoms with Crippen molar-refractivity contribution >= 4 is 50.7 Å². The highest BCUT2D eigenvalue weighted by Gasteiger charge is 2.11. The van der Waals surface area contributed by atoms with Crippen molar-refractivity contribution in [1.29, 1.82) is 0 Å². The molecule has 0 aliphatic carbocycles.